The normalized spacial score (nSPS) is 15.1. The van der Waals surface area contributed by atoms with E-state index in [0.29, 0.717) is 58.4 Å². The summed E-state index contributed by atoms with van der Waals surface area (Å²) in [5.41, 5.74) is 4.89. The first kappa shape index (κ1) is 29.9. The number of carbonyl (C=O) groups is 1. The molecule has 3 heterocycles. The second-order valence-corrected chi connectivity index (χ2v) is 11.5. The standard InChI is InChI=1S/C34H34ClN5O3/c1-7-32(41)38-12-13-39(22(5)19-38)33-25-15-28(35)24(27-18-37-31(43-6)14-21(27)4)16-30(25)40(34(42)26(33)17-36)29-11-9-8-10-23(29)20(2)3/h7-11,14-16,18,20,22H,1,12-13,19H2,2-6H3/t22-/m0/s1. The molecule has 2 aromatic heterocycles. The van der Waals surface area contributed by atoms with Crippen molar-refractivity contribution in [3.63, 3.8) is 0 Å². The third kappa shape index (κ3) is 5.26. The monoisotopic (exact) mass is 595 g/mol. The van der Waals surface area contributed by atoms with Gasteiger partial charge in [-0.15, -0.1) is 0 Å². The summed E-state index contributed by atoms with van der Waals surface area (Å²) in [6.45, 7) is 13.0. The summed E-state index contributed by atoms with van der Waals surface area (Å²) in [6, 6.07) is 15.4. The van der Waals surface area contributed by atoms with Crippen molar-refractivity contribution in [2.75, 3.05) is 31.6 Å². The molecular formula is C34H34ClN5O3. The van der Waals surface area contributed by atoms with Gasteiger partial charge in [0, 0.05) is 59.5 Å². The Morgan fingerprint density at radius 1 is 1.21 bits per heavy atom. The summed E-state index contributed by atoms with van der Waals surface area (Å²) in [5, 5.41) is 11.6. The number of anilines is 1. The molecular weight excluding hydrogens is 562 g/mol. The van der Waals surface area contributed by atoms with Gasteiger partial charge in [-0.25, -0.2) is 4.98 Å². The van der Waals surface area contributed by atoms with Crippen LogP contribution in [0, 0.1) is 18.3 Å². The van der Waals surface area contributed by atoms with Gasteiger partial charge in [-0.1, -0.05) is 50.2 Å². The highest BCUT2D eigenvalue weighted by Gasteiger charge is 2.31. The van der Waals surface area contributed by atoms with Gasteiger partial charge in [0.2, 0.25) is 11.8 Å². The van der Waals surface area contributed by atoms with Crippen LogP contribution in [0.1, 0.15) is 43.4 Å². The van der Waals surface area contributed by atoms with Gasteiger partial charge >= 0.3 is 0 Å². The number of benzene rings is 2. The van der Waals surface area contributed by atoms with Crippen LogP contribution in [0.2, 0.25) is 5.02 Å². The number of piperazine rings is 1. The lowest BCUT2D eigenvalue weighted by molar-refractivity contribution is -0.126. The van der Waals surface area contributed by atoms with E-state index in [2.05, 4.69) is 31.5 Å². The van der Waals surface area contributed by atoms with Crippen molar-refractivity contribution >= 4 is 34.1 Å². The molecule has 1 amide bonds. The zero-order valence-corrected chi connectivity index (χ0v) is 25.8. The van der Waals surface area contributed by atoms with Crippen LogP contribution >= 0.6 is 11.6 Å². The van der Waals surface area contributed by atoms with Crippen LogP contribution in [0.4, 0.5) is 5.69 Å². The number of halogens is 1. The fraction of sp³-hybridized carbons (Fsp3) is 0.294. The predicted octanol–water partition coefficient (Wildman–Crippen LogP) is 6.24. The zero-order valence-electron chi connectivity index (χ0n) is 25.0. The lowest BCUT2D eigenvalue weighted by Gasteiger charge is -2.41. The SMILES string of the molecule is C=CC(=O)N1CCN(c2c(C#N)c(=O)n(-c3ccccc3C(C)C)c3cc(-c4cnc(OC)cc4C)c(Cl)cc23)[C@@H](C)C1. The van der Waals surface area contributed by atoms with E-state index in [0.717, 1.165) is 16.7 Å². The van der Waals surface area contributed by atoms with Gasteiger partial charge in [0.1, 0.15) is 11.6 Å². The minimum absolute atomic E-state index is 0.0347. The summed E-state index contributed by atoms with van der Waals surface area (Å²) in [7, 11) is 1.57. The molecule has 1 atom stereocenters. The summed E-state index contributed by atoms with van der Waals surface area (Å²) >= 11 is 7.02. The number of pyridine rings is 2. The molecule has 0 bridgehead atoms. The maximum absolute atomic E-state index is 14.4. The highest BCUT2D eigenvalue weighted by molar-refractivity contribution is 6.34. The number of rotatable bonds is 6. The molecule has 0 saturated carbocycles. The van der Waals surface area contributed by atoms with E-state index < -0.39 is 5.56 Å². The van der Waals surface area contributed by atoms with Crippen molar-refractivity contribution in [3.05, 3.63) is 93.4 Å². The molecule has 1 saturated heterocycles. The first-order chi connectivity index (χ1) is 20.6. The van der Waals surface area contributed by atoms with Crippen molar-refractivity contribution in [1.82, 2.24) is 14.5 Å². The molecule has 2 aromatic carbocycles. The van der Waals surface area contributed by atoms with Gasteiger partial charge in [-0.05, 0) is 55.2 Å². The van der Waals surface area contributed by atoms with Gasteiger partial charge in [0.15, 0.2) is 0 Å². The molecule has 9 heteroatoms. The van der Waals surface area contributed by atoms with Gasteiger partial charge in [0.25, 0.3) is 5.56 Å². The van der Waals surface area contributed by atoms with Crippen LogP contribution < -0.4 is 15.2 Å². The number of aromatic nitrogens is 2. The Morgan fingerprint density at radius 3 is 2.58 bits per heavy atom. The average Bonchev–Trinajstić information content (AvgIpc) is 3.00. The fourth-order valence-electron chi connectivity index (χ4n) is 5.96. The number of ether oxygens (including phenoxy) is 1. The molecule has 1 fully saturated rings. The Kier molecular flexibility index (Phi) is 8.30. The van der Waals surface area contributed by atoms with Crippen LogP contribution in [-0.4, -0.2) is 53.1 Å². The first-order valence-electron chi connectivity index (χ1n) is 14.2. The molecule has 5 rings (SSSR count). The Morgan fingerprint density at radius 2 is 1.95 bits per heavy atom. The highest BCUT2D eigenvalue weighted by atomic mass is 35.5. The molecule has 0 spiro atoms. The number of nitrogens with zero attached hydrogens (tertiary/aromatic N) is 5. The van der Waals surface area contributed by atoms with Gasteiger partial charge in [-0.2, -0.15) is 5.26 Å². The second kappa shape index (κ2) is 11.9. The first-order valence-corrected chi connectivity index (χ1v) is 14.6. The van der Waals surface area contributed by atoms with E-state index in [1.54, 1.807) is 22.8 Å². The molecule has 0 unspecified atom stereocenters. The number of hydrogen-bond acceptors (Lipinski definition) is 6. The molecule has 1 aliphatic heterocycles. The molecule has 0 radical (unpaired) electrons. The summed E-state index contributed by atoms with van der Waals surface area (Å²) < 4.78 is 6.95. The van der Waals surface area contributed by atoms with Gasteiger partial charge in [-0.3, -0.25) is 14.2 Å². The second-order valence-electron chi connectivity index (χ2n) is 11.1. The van der Waals surface area contributed by atoms with Crippen LogP contribution in [0.3, 0.4) is 0 Å². The topological polar surface area (TPSA) is 91.5 Å². The Hall–Kier alpha value is -4.61. The maximum Gasteiger partial charge on any atom is 0.275 e. The summed E-state index contributed by atoms with van der Waals surface area (Å²) in [6.07, 6.45) is 3.03. The third-order valence-corrected chi connectivity index (χ3v) is 8.45. The van der Waals surface area contributed by atoms with Crippen molar-refractivity contribution in [2.24, 2.45) is 0 Å². The van der Waals surface area contributed by atoms with E-state index in [9.17, 15) is 14.9 Å². The number of methoxy groups -OCH3 is 1. The highest BCUT2D eigenvalue weighted by Crippen LogP contribution is 2.40. The van der Waals surface area contributed by atoms with E-state index in [1.807, 2.05) is 61.2 Å². The average molecular weight is 596 g/mol. The number of carbonyl (C=O) groups excluding carboxylic acids is 1. The molecule has 43 heavy (non-hydrogen) atoms. The number of aryl methyl sites for hydroxylation is 1. The van der Waals surface area contributed by atoms with Crippen LogP contribution in [0.5, 0.6) is 5.88 Å². The smallest absolute Gasteiger partial charge is 0.275 e. The van der Waals surface area contributed by atoms with Crippen molar-refractivity contribution in [1.29, 1.82) is 5.26 Å². The Bertz CT molecular complexity index is 1860. The number of amides is 1. The van der Waals surface area contributed by atoms with E-state index in [4.69, 9.17) is 16.3 Å². The van der Waals surface area contributed by atoms with Crippen LogP contribution in [-0.2, 0) is 4.79 Å². The number of nitriles is 1. The van der Waals surface area contributed by atoms with Crippen LogP contribution in [0.25, 0.3) is 27.7 Å². The molecule has 8 nitrogen and oxygen atoms in total. The largest absolute Gasteiger partial charge is 0.481 e. The summed E-state index contributed by atoms with van der Waals surface area (Å²) in [4.78, 5) is 35.0. The fourth-order valence-corrected chi connectivity index (χ4v) is 6.23. The quantitative estimate of drug-likeness (QED) is 0.245. The Labute approximate surface area is 256 Å². The van der Waals surface area contributed by atoms with Gasteiger partial charge in [0.05, 0.1) is 24.0 Å². The van der Waals surface area contributed by atoms with Crippen molar-refractivity contribution in [2.45, 2.75) is 39.7 Å². The van der Waals surface area contributed by atoms with Gasteiger partial charge < -0.3 is 14.5 Å². The predicted molar refractivity (Wildman–Crippen MR) is 171 cm³/mol. The van der Waals surface area contributed by atoms with Crippen molar-refractivity contribution < 1.29 is 9.53 Å². The molecule has 0 N–H and O–H groups in total. The van der Waals surface area contributed by atoms with E-state index in [1.165, 1.54) is 6.08 Å². The minimum Gasteiger partial charge on any atom is -0.481 e. The minimum atomic E-state index is -0.409. The number of para-hydroxylation sites is 1. The van der Waals surface area contributed by atoms with E-state index >= 15 is 0 Å². The summed E-state index contributed by atoms with van der Waals surface area (Å²) in [5.74, 6) is 0.470. The molecule has 220 valence electrons. The number of fused-ring (bicyclic) bond motifs is 1. The maximum atomic E-state index is 14.4. The molecule has 0 aliphatic carbocycles. The van der Waals surface area contributed by atoms with E-state index in [-0.39, 0.29) is 23.4 Å². The lowest BCUT2D eigenvalue weighted by atomic mass is 9.96. The van der Waals surface area contributed by atoms with Crippen molar-refractivity contribution in [3.8, 4) is 28.8 Å². The lowest BCUT2D eigenvalue weighted by Crippen LogP contribution is -2.54. The third-order valence-electron chi connectivity index (χ3n) is 8.13. The molecule has 1 aliphatic rings. The molecule has 4 aromatic rings. The Balaban J connectivity index is 1.86. The number of hydrogen-bond donors (Lipinski definition) is 0. The zero-order chi connectivity index (χ0) is 31.0. The van der Waals surface area contributed by atoms with Crippen LogP contribution in [0.15, 0.2) is 66.1 Å².